The molecule has 0 radical (unpaired) electrons. The second kappa shape index (κ2) is 6.95. The molecule has 0 unspecified atom stereocenters. The number of amides is 1. The molecule has 0 saturated heterocycles. The van der Waals surface area contributed by atoms with Gasteiger partial charge >= 0.3 is 0 Å². The summed E-state index contributed by atoms with van der Waals surface area (Å²) < 4.78 is 26.2. The maximum absolute atomic E-state index is 13.4. The van der Waals surface area contributed by atoms with Gasteiger partial charge in [0, 0.05) is 12.1 Å². The van der Waals surface area contributed by atoms with Crippen LogP contribution in [0.2, 0.25) is 0 Å². The van der Waals surface area contributed by atoms with E-state index in [1.54, 1.807) is 0 Å². The molecule has 0 aromatic heterocycles. The zero-order valence-electron chi connectivity index (χ0n) is 11.6. The highest BCUT2D eigenvalue weighted by Gasteiger charge is 2.10. The van der Waals surface area contributed by atoms with Crippen LogP contribution < -0.4 is 10.6 Å². The first-order chi connectivity index (χ1) is 10.1. The van der Waals surface area contributed by atoms with Gasteiger partial charge in [-0.15, -0.1) is 0 Å². The largest absolute Gasteiger partial charge is 0.322 e. The summed E-state index contributed by atoms with van der Waals surface area (Å²) >= 11 is 0. The lowest BCUT2D eigenvalue weighted by Crippen LogP contribution is -2.30. The molecule has 2 rings (SSSR count). The molecule has 1 amide bonds. The van der Waals surface area contributed by atoms with Crippen molar-refractivity contribution >= 4 is 11.6 Å². The smallest absolute Gasteiger partial charge is 0.238 e. The van der Waals surface area contributed by atoms with Crippen molar-refractivity contribution in [1.82, 2.24) is 5.32 Å². The van der Waals surface area contributed by atoms with E-state index in [0.29, 0.717) is 0 Å². The van der Waals surface area contributed by atoms with Crippen molar-refractivity contribution in [2.24, 2.45) is 0 Å². The van der Waals surface area contributed by atoms with Crippen molar-refractivity contribution in [3.05, 3.63) is 65.7 Å². The van der Waals surface area contributed by atoms with Gasteiger partial charge in [0.2, 0.25) is 5.91 Å². The van der Waals surface area contributed by atoms with Gasteiger partial charge in [-0.05, 0) is 24.6 Å². The van der Waals surface area contributed by atoms with Gasteiger partial charge in [-0.2, -0.15) is 0 Å². The number of nitrogens with one attached hydrogen (secondary N) is 2. The molecule has 5 heteroatoms. The molecule has 3 nitrogen and oxygen atoms in total. The van der Waals surface area contributed by atoms with E-state index in [1.807, 2.05) is 37.3 Å². The lowest BCUT2D eigenvalue weighted by molar-refractivity contribution is -0.115. The van der Waals surface area contributed by atoms with Crippen LogP contribution in [0.3, 0.4) is 0 Å². The molecule has 0 aliphatic heterocycles. The van der Waals surface area contributed by atoms with Gasteiger partial charge in [0.1, 0.15) is 11.6 Å². The summed E-state index contributed by atoms with van der Waals surface area (Å²) in [5.41, 5.74) is 1.02. The van der Waals surface area contributed by atoms with E-state index < -0.39 is 11.6 Å². The molecular formula is C16H16F2N2O. The molecule has 0 aliphatic carbocycles. The highest BCUT2D eigenvalue weighted by molar-refractivity contribution is 5.92. The van der Waals surface area contributed by atoms with Gasteiger partial charge in [-0.1, -0.05) is 30.3 Å². The summed E-state index contributed by atoms with van der Waals surface area (Å²) in [5.74, 6) is -1.86. The first-order valence-corrected chi connectivity index (χ1v) is 6.59. The summed E-state index contributed by atoms with van der Waals surface area (Å²) in [5, 5.41) is 5.44. The van der Waals surface area contributed by atoms with Gasteiger partial charge < -0.3 is 10.6 Å². The molecule has 2 N–H and O–H groups in total. The van der Waals surface area contributed by atoms with Crippen LogP contribution >= 0.6 is 0 Å². The molecule has 0 saturated carbocycles. The Labute approximate surface area is 122 Å². The first-order valence-electron chi connectivity index (χ1n) is 6.59. The van der Waals surface area contributed by atoms with Gasteiger partial charge in [0.15, 0.2) is 0 Å². The van der Waals surface area contributed by atoms with Crippen molar-refractivity contribution in [2.45, 2.75) is 13.0 Å². The third kappa shape index (κ3) is 4.36. The second-order valence-corrected chi connectivity index (χ2v) is 4.69. The van der Waals surface area contributed by atoms with Crippen molar-refractivity contribution in [1.29, 1.82) is 0 Å². The highest BCUT2D eigenvalue weighted by Crippen LogP contribution is 2.15. The Bertz CT molecular complexity index is 617. The number of carbonyl (C=O) groups excluding carboxylic acids is 1. The van der Waals surface area contributed by atoms with E-state index in [4.69, 9.17) is 0 Å². The number of anilines is 1. The number of hydrogen-bond donors (Lipinski definition) is 2. The SMILES string of the molecule is C[C@H](NCC(=O)Nc1ccc(F)cc1F)c1ccccc1. The summed E-state index contributed by atoms with van der Waals surface area (Å²) in [7, 11) is 0. The molecule has 0 heterocycles. The van der Waals surface area contributed by atoms with Crippen LogP contribution in [0.1, 0.15) is 18.5 Å². The van der Waals surface area contributed by atoms with Gasteiger partial charge in [0.05, 0.1) is 12.2 Å². The predicted molar refractivity (Wildman–Crippen MR) is 77.8 cm³/mol. The molecule has 2 aromatic rings. The number of benzene rings is 2. The Morgan fingerprint density at radius 3 is 2.52 bits per heavy atom. The molecular weight excluding hydrogens is 274 g/mol. The van der Waals surface area contributed by atoms with Crippen molar-refractivity contribution in [3.8, 4) is 0 Å². The molecule has 2 aromatic carbocycles. The van der Waals surface area contributed by atoms with Crippen LogP contribution in [0.5, 0.6) is 0 Å². The van der Waals surface area contributed by atoms with Crippen LogP contribution in [-0.4, -0.2) is 12.5 Å². The minimum atomic E-state index is -0.792. The van der Waals surface area contributed by atoms with Crippen LogP contribution in [0.4, 0.5) is 14.5 Å². The van der Waals surface area contributed by atoms with E-state index in [1.165, 1.54) is 6.07 Å². The Hall–Kier alpha value is -2.27. The number of rotatable bonds is 5. The van der Waals surface area contributed by atoms with Gasteiger partial charge in [0.25, 0.3) is 0 Å². The molecule has 1 atom stereocenters. The highest BCUT2D eigenvalue weighted by atomic mass is 19.1. The number of hydrogen-bond acceptors (Lipinski definition) is 2. The standard InChI is InChI=1S/C16H16F2N2O/c1-11(12-5-3-2-4-6-12)19-10-16(21)20-15-8-7-13(17)9-14(15)18/h2-9,11,19H,10H2,1H3,(H,20,21)/t11-/m0/s1. The monoisotopic (exact) mass is 290 g/mol. The quantitative estimate of drug-likeness (QED) is 0.887. The molecule has 0 aliphatic rings. The maximum Gasteiger partial charge on any atom is 0.238 e. The summed E-state index contributed by atoms with van der Waals surface area (Å²) in [6.07, 6.45) is 0. The van der Waals surface area contributed by atoms with Gasteiger partial charge in [-0.3, -0.25) is 4.79 Å². The van der Waals surface area contributed by atoms with Crippen molar-refractivity contribution in [2.75, 3.05) is 11.9 Å². The van der Waals surface area contributed by atoms with Crippen LogP contribution in [0, 0.1) is 11.6 Å². The Morgan fingerprint density at radius 2 is 1.86 bits per heavy atom. The van der Waals surface area contributed by atoms with E-state index in [2.05, 4.69) is 10.6 Å². The Morgan fingerprint density at radius 1 is 1.14 bits per heavy atom. The second-order valence-electron chi connectivity index (χ2n) is 4.69. The van der Waals surface area contributed by atoms with Crippen molar-refractivity contribution < 1.29 is 13.6 Å². The topological polar surface area (TPSA) is 41.1 Å². The number of carbonyl (C=O) groups is 1. The Kier molecular flexibility index (Phi) is 5.00. The van der Waals surface area contributed by atoms with Crippen molar-refractivity contribution in [3.63, 3.8) is 0 Å². The van der Waals surface area contributed by atoms with E-state index in [9.17, 15) is 13.6 Å². The predicted octanol–water partition coefficient (Wildman–Crippen LogP) is 3.25. The summed E-state index contributed by atoms with van der Waals surface area (Å²) in [4.78, 5) is 11.8. The van der Waals surface area contributed by atoms with Crippen LogP contribution in [0.15, 0.2) is 48.5 Å². The lowest BCUT2D eigenvalue weighted by Gasteiger charge is -2.14. The maximum atomic E-state index is 13.4. The minimum absolute atomic E-state index is 0.00462. The normalized spacial score (nSPS) is 12.0. The molecule has 0 spiro atoms. The van der Waals surface area contributed by atoms with E-state index in [-0.39, 0.29) is 24.2 Å². The zero-order valence-corrected chi connectivity index (χ0v) is 11.6. The zero-order chi connectivity index (χ0) is 15.2. The molecule has 110 valence electrons. The molecule has 0 bridgehead atoms. The minimum Gasteiger partial charge on any atom is -0.322 e. The average molecular weight is 290 g/mol. The third-order valence-corrected chi connectivity index (χ3v) is 3.07. The fourth-order valence-electron chi connectivity index (χ4n) is 1.89. The van der Waals surface area contributed by atoms with E-state index in [0.717, 1.165) is 17.7 Å². The Balaban J connectivity index is 1.87. The number of halogens is 2. The van der Waals surface area contributed by atoms with Crippen LogP contribution in [-0.2, 0) is 4.79 Å². The molecule has 21 heavy (non-hydrogen) atoms. The van der Waals surface area contributed by atoms with Crippen LogP contribution in [0.25, 0.3) is 0 Å². The fourth-order valence-corrected chi connectivity index (χ4v) is 1.89. The molecule has 0 fully saturated rings. The summed E-state index contributed by atoms with van der Waals surface area (Å²) in [6, 6.07) is 12.7. The third-order valence-electron chi connectivity index (χ3n) is 3.07. The van der Waals surface area contributed by atoms with E-state index >= 15 is 0 Å². The van der Waals surface area contributed by atoms with Gasteiger partial charge in [-0.25, -0.2) is 8.78 Å². The fraction of sp³-hybridized carbons (Fsp3) is 0.188. The lowest BCUT2D eigenvalue weighted by atomic mass is 10.1. The summed E-state index contributed by atoms with van der Waals surface area (Å²) in [6.45, 7) is 1.97. The average Bonchev–Trinajstić information content (AvgIpc) is 2.48. The first kappa shape index (κ1) is 15.1.